The van der Waals surface area contributed by atoms with E-state index in [1.807, 2.05) is 25.1 Å². The molecule has 1 aliphatic heterocycles. The fourth-order valence-electron chi connectivity index (χ4n) is 2.91. The monoisotopic (exact) mass is 452 g/mol. The van der Waals surface area contributed by atoms with E-state index in [9.17, 15) is 14.4 Å². The second-order valence-corrected chi connectivity index (χ2v) is 7.23. The molecule has 0 aromatic heterocycles. The van der Waals surface area contributed by atoms with Crippen LogP contribution in [0.3, 0.4) is 0 Å². The lowest BCUT2D eigenvalue weighted by molar-refractivity contribution is -0.139. The average Bonchev–Trinajstić information content (AvgIpc) is 2.63. The van der Waals surface area contributed by atoms with Gasteiger partial charge >= 0.3 is 12.0 Å². The van der Waals surface area contributed by atoms with Crippen molar-refractivity contribution in [3.8, 4) is 0 Å². The number of anilines is 1. The van der Waals surface area contributed by atoms with Gasteiger partial charge in [-0.2, -0.15) is 0 Å². The summed E-state index contributed by atoms with van der Waals surface area (Å²) in [6.07, 6.45) is 0.553. The highest BCUT2D eigenvalue weighted by Crippen LogP contribution is 2.21. The smallest absolute Gasteiger partial charge is 0.337 e. The molecular formula is C19H25BrN4O4. The molecule has 0 saturated carbocycles. The number of ether oxygens (including phenoxy) is 1. The van der Waals surface area contributed by atoms with Crippen molar-refractivity contribution in [2.75, 3.05) is 32.1 Å². The summed E-state index contributed by atoms with van der Waals surface area (Å²) in [4.78, 5) is 38.4. The van der Waals surface area contributed by atoms with Crippen LogP contribution in [0, 0.1) is 0 Å². The summed E-state index contributed by atoms with van der Waals surface area (Å²) in [5.74, 6) is -0.678. The molecule has 28 heavy (non-hydrogen) atoms. The van der Waals surface area contributed by atoms with Crippen molar-refractivity contribution in [1.29, 1.82) is 0 Å². The van der Waals surface area contributed by atoms with Crippen LogP contribution in [0.1, 0.15) is 20.3 Å². The second-order valence-electron chi connectivity index (χ2n) is 6.37. The molecule has 1 aromatic carbocycles. The lowest BCUT2D eigenvalue weighted by Gasteiger charge is -2.30. The van der Waals surface area contributed by atoms with Crippen LogP contribution in [-0.2, 0) is 14.3 Å². The maximum absolute atomic E-state index is 12.4. The van der Waals surface area contributed by atoms with E-state index in [-0.39, 0.29) is 31.6 Å². The van der Waals surface area contributed by atoms with Gasteiger partial charge in [0.25, 0.3) is 0 Å². The van der Waals surface area contributed by atoms with Crippen LogP contribution in [0.25, 0.3) is 0 Å². The Kier molecular flexibility index (Phi) is 8.01. The van der Waals surface area contributed by atoms with Crippen LogP contribution < -0.4 is 16.0 Å². The Bertz CT molecular complexity index is 781. The number of halogens is 1. The Hall–Kier alpha value is -2.39. The number of rotatable bonds is 8. The number of hydrogen-bond acceptors (Lipinski definition) is 5. The molecule has 1 unspecified atom stereocenters. The highest BCUT2D eigenvalue weighted by molar-refractivity contribution is 9.10. The molecule has 152 valence electrons. The van der Waals surface area contributed by atoms with E-state index in [2.05, 4.69) is 31.9 Å². The second kappa shape index (κ2) is 10.2. The first kappa shape index (κ1) is 21.9. The molecule has 3 amide bonds. The van der Waals surface area contributed by atoms with Gasteiger partial charge in [0, 0.05) is 16.7 Å². The summed E-state index contributed by atoms with van der Waals surface area (Å²) in [7, 11) is 1.74. The average molecular weight is 453 g/mol. The van der Waals surface area contributed by atoms with Crippen LogP contribution >= 0.6 is 15.9 Å². The van der Waals surface area contributed by atoms with Crippen molar-refractivity contribution in [2.45, 2.75) is 26.3 Å². The first-order valence-electron chi connectivity index (χ1n) is 9.06. The molecule has 1 atom stereocenters. The molecule has 8 nitrogen and oxygen atoms in total. The van der Waals surface area contributed by atoms with E-state index >= 15 is 0 Å². The van der Waals surface area contributed by atoms with E-state index in [1.54, 1.807) is 24.9 Å². The van der Waals surface area contributed by atoms with Gasteiger partial charge in [-0.3, -0.25) is 9.69 Å². The van der Waals surface area contributed by atoms with Crippen molar-refractivity contribution in [3.63, 3.8) is 0 Å². The molecule has 0 radical (unpaired) electrons. The normalized spacial score (nSPS) is 16.5. The molecule has 0 bridgehead atoms. The first-order chi connectivity index (χ1) is 13.3. The minimum Gasteiger partial charge on any atom is -0.463 e. The third-order valence-electron chi connectivity index (χ3n) is 4.14. The van der Waals surface area contributed by atoms with E-state index in [4.69, 9.17) is 4.74 Å². The number of hydrogen-bond donors (Lipinski definition) is 3. The molecule has 0 spiro atoms. The molecule has 9 heteroatoms. The molecule has 0 aliphatic carbocycles. The predicted octanol–water partition coefficient (Wildman–Crippen LogP) is 2.23. The van der Waals surface area contributed by atoms with E-state index in [0.29, 0.717) is 23.4 Å². The number of nitrogens with zero attached hydrogens (tertiary/aromatic N) is 1. The van der Waals surface area contributed by atoms with Crippen molar-refractivity contribution in [1.82, 2.24) is 15.5 Å². The molecule has 0 fully saturated rings. The Labute approximate surface area is 172 Å². The van der Waals surface area contributed by atoms with Gasteiger partial charge < -0.3 is 20.7 Å². The minimum absolute atomic E-state index is 0.0844. The fraction of sp³-hybridized carbons (Fsp3) is 0.421. The van der Waals surface area contributed by atoms with Gasteiger partial charge in [0.2, 0.25) is 5.91 Å². The maximum atomic E-state index is 12.4. The van der Waals surface area contributed by atoms with Crippen LogP contribution in [0.5, 0.6) is 0 Å². The molecule has 2 rings (SSSR count). The van der Waals surface area contributed by atoms with Crippen molar-refractivity contribution in [3.05, 3.63) is 40.0 Å². The number of benzene rings is 1. The van der Waals surface area contributed by atoms with Crippen molar-refractivity contribution >= 4 is 39.5 Å². The van der Waals surface area contributed by atoms with Gasteiger partial charge in [0.1, 0.15) is 0 Å². The zero-order valence-electron chi connectivity index (χ0n) is 16.2. The molecule has 1 heterocycles. The zero-order chi connectivity index (χ0) is 20.7. The van der Waals surface area contributed by atoms with E-state index in [1.165, 1.54) is 0 Å². The number of para-hydroxylation sites is 1. The van der Waals surface area contributed by atoms with Crippen molar-refractivity contribution in [2.24, 2.45) is 0 Å². The molecule has 1 aromatic rings. The van der Waals surface area contributed by atoms with E-state index < -0.39 is 12.0 Å². The van der Waals surface area contributed by atoms with Crippen LogP contribution in [0.2, 0.25) is 0 Å². The topological polar surface area (TPSA) is 99.8 Å². The van der Waals surface area contributed by atoms with Gasteiger partial charge in [-0.25, -0.2) is 9.59 Å². The molecular weight excluding hydrogens is 428 g/mol. The van der Waals surface area contributed by atoms with Gasteiger partial charge in [0.15, 0.2) is 0 Å². The SMILES string of the molecule is CCOC(=O)C1=C(CN(C)CC(=O)Nc2ccccc2Br)NC(=O)NC1CC. The zero-order valence-corrected chi connectivity index (χ0v) is 17.8. The van der Waals surface area contributed by atoms with Crippen molar-refractivity contribution < 1.29 is 19.1 Å². The Morgan fingerprint density at radius 3 is 2.64 bits per heavy atom. The highest BCUT2D eigenvalue weighted by atomic mass is 79.9. The van der Waals surface area contributed by atoms with Crippen LogP contribution in [0.4, 0.5) is 10.5 Å². The standard InChI is InChI=1S/C19H25BrN4O4/c1-4-13-17(18(26)28-5-2)15(23-19(27)22-13)10-24(3)11-16(25)21-14-9-7-6-8-12(14)20/h6-9,13H,4-5,10-11H2,1-3H3,(H,21,25)(H2,22,23,27). The number of nitrogens with one attached hydrogen (secondary N) is 3. The molecule has 0 saturated heterocycles. The minimum atomic E-state index is -0.470. The number of urea groups is 1. The van der Waals surface area contributed by atoms with Crippen LogP contribution in [0.15, 0.2) is 40.0 Å². The Morgan fingerprint density at radius 1 is 1.29 bits per heavy atom. The third kappa shape index (κ3) is 5.80. The quantitative estimate of drug-likeness (QED) is 0.525. The number of amides is 3. The summed E-state index contributed by atoms with van der Waals surface area (Å²) < 4.78 is 5.93. The summed E-state index contributed by atoms with van der Waals surface area (Å²) in [6.45, 7) is 4.15. The van der Waals surface area contributed by atoms with Gasteiger partial charge in [-0.05, 0) is 48.5 Å². The van der Waals surface area contributed by atoms with Gasteiger partial charge in [-0.1, -0.05) is 19.1 Å². The van der Waals surface area contributed by atoms with Gasteiger partial charge in [-0.15, -0.1) is 0 Å². The highest BCUT2D eigenvalue weighted by Gasteiger charge is 2.31. The molecule has 1 aliphatic rings. The maximum Gasteiger partial charge on any atom is 0.337 e. The number of likely N-dealkylation sites (N-methyl/N-ethyl adjacent to an activating group) is 1. The predicted molar refractivity (Wildman–Crippen MR) is 110 cm³/mol. The lowest BCUT2D eigenvalue weighted by Crippen LogP contribution is -2.52. The summed E-state index contributed by atoms with van der Waals surface area (Å²) in [6, 6.07) is 6.52. The summed E-state index contributed by atoms with van der Waals surface area (Å²) in [5, 5.41) is 8.23. The third-order valence-corrected chi connectivity index (χ3v) is 4.83. The van der Waals surface area contributed by atoms with E-state index in [0.717, 1.165) is 4.47 Å². The van der Waals surface area contributed by atoms with Gasteiger partial charge in [0.05, 0.1) is 30.5 Å². The number of esters is 1. The number of carbonyl (C=O) groups excluding carboxylic acids is 3. The fourth-order valence-corrected chi connectivity index (χ4v) is 3.29. The number of carbonyl (C=O) groups is 3. The Balaban J connectivity index is 2.10. The largest absolute Gasteiger partial charge is 0.463 e. The summed E-state index contributed by atoms with van der Waals surface area (Å²) >= 11 is 3.39. The first-order valence-corrected chi connectivity index (χ1v) is 9.85. The molecule has 3 N–H and O–H groups in total. The Morgan fingerprint density at radius 2 is 2.00 bits per heavy atom. The summed E-state index contributed by atoms with van der Waals surface area (Å²) in [5.41, 5.74) is 1.51. The lowest BCUT2D eigenvalue weighted by atomic mass is 10.00. The van der Waals surface area contributed by atoms with Crippen LogP contribution in [-0.4, -0.2) is 55.6 Å².